The monoisotopic (exact) mass is 332 g/mol. The molecule has 24 heavy (non-hydrogen) atoms. The first-order valence-corrected chi connectivity index (χ1v) is 7.97. The zero-order valence-electron chi connectivity index (χ0n) is 14.4. The van der Waals surface area contributed by atoms with E-state index < -0.39 is 0 Å². The molecule has 1 amide bonds. The van der Waals surface area contributed by atoms with Crippen LogP contribution in [-0.4, -0.2) is 55.3 Å². The third-order valence-electron chi connectivity index (χ3n) is 3.47. The molecule has 0 atom stereocenters. The van der Waals surface area contributed by atoms with E-state index in [1.54, 1.807) is 7.11 Å². The lowest BCUT2D eigenvalue weighted by molar-refractivity contribution is -0.121. The highest BCUT2D eigenvalue weighted by Crippen LogP contribution is 2.28. The van der Waals surface area contributed by atoms with Gasteiger partial charge >= 0.3 is 0 Å². The largest absolute Gasteiger partial charge is 0.496 e. The standard InChI is InChI=1S/C17H24N4O3/c1-21(2)12-6-11-18-15(22)9-10-16-19-20-17(24-16)13-7-4-5-8-14(13)23-3/h4-5,7-8H,6,9-12H2,1-3H3,(H,18,22). The lowest BCUT2D eigenvalue weighted by atomic mass is 10.2. The van der Waals surface area contributed by atoms with Crippen LogP contribution in [0.15, 0.2) is 28.7 Å². The van der Waals surface area contributed by atoms with E-state index in [9.17, 15) is 4.79 Å². The third-order valence-corrected chi connectivity index (χ3v) is 3.47. The van der Waals surface area contributed by atoms with E-state index in [0.717, 1.165) is 18.5 Å². The predicted octanol–water partition coefficient (Wildman–Crippen LogP) is 1.75. The summed E-state index contributed by atoms with van der Waals surface area (Å²) >= 11 is 0. The number of hydrogen-bond donors (Lipinski definition) is 1. The molecule has 0 radical (unpaired) electrons. The van der Waals surface area contributed by atoms with E-state index in [4.69, 9.17) is 9.15 Å². The number of rotatable bonds is 9. The molecule has 0 aliphatic heterocycles. The van der Waals surface area contributed by atoms with Crippen LogP contribution in [0, 0.1) is 0 Å². The van der Waals surface area contributed by atoms with Crippen molar-refractivity contribution in [2.24, 2.45) is 0 Å². The van der Waals surface area contributed by atoms with E-state index in [0.29, 0.717) is 36.9 Å². The fourth-order valence-electron chi connectivity index (χ4n) is 2.22. The van der Waals surface area contributed by atoms with Crippen LogP contribution >= 0.6 is 0 Å². The van der Waals surface area contributed by atoms with Gasteiger partial charge in [-0.25, -0.2) is 0 Å². The number of hydrogen-bond acceptors (Lipinski definition) is 6. The molecule has 1 aromatic carbocycles. The molecule has 130 valence electrons. The molecule has 7 heteroatoms. The number of nitrogens with one attached hydrogen (secondary N) is 1. The summed E-state index contributed by atoms with van der Waals surface area (Å²) in [6.07, 6.45) is 1.68. The molecule has 0 bridgehead atoms. The summed E-state index contributed by atoms with van der Waals surface area (Å²) in [6, 6.07) is 7.44. The van der Waals surface area contributed by atoms with Crippen LogP contribution in [0.3, 0.4) is 0 Å². The van der Waals surface area contributed by atoms with E-state index in [1.807, 2.05) is 38.4 Å². The molecule has 0 unspecified atom stereocenters. The Morgan fingerprint density at radius 2 is 2.08 bits per heavy atom. The van der Waals surface area contributed by atoms with Crippen molar-refractivity contribution in [2.75, 3.05) is 34.3 Å². The van der Waals surface area contributed by atoms with Crippen LogP contribution in [0.2, 0.25) is 0 Å². The molecule has 1 N–H and O–H groups in total. The van der Waals surface area contributed by atoms with E-state index in [-0.39, 0.29) is 5.91 Å². The number of carbonyl (C=O) groups is 1. The molecule has 0 saturated heterocycles. The van der Waals surface area contributed by atoms with Gasteiger partial charge in [0.15, 0.2) is 0 Å². The first-order chi connectivity index (χ1) is 11.6. The van der Waals surface area contributed by atoms with E-state index in [2.05, 4.69) is 20.4 Å². The summed E-state index contributed by atoms with van der Waals surface area (Å²) in [5.41, 5.74) is 0.742. The predicted molar refractivity (Wildman–Crippen MR) is 90.8 cm³/mol. The Hall–Kier alpha value is -2.41. The quantitative estimate of drug-likeness (QED) is 0.705. The molecule has 0 saturated carbocycles. The minimum atomic E-state index is -0.00852. The molecular weight excluding hydrogens is 308 g/mol. The number of ether oxygens (including phenoxy) is 1. The second kappa shape index (κ2) is 9.02. The second-order valence-electron chi connectivity index (χ2n) is 5.71. The molecule has 1 heterocycles. The van der Waals surface area contributed by atoms with Gasteiger partial charge in [0.05, 0.1) is 12.7 Å². The topological polar surface area (TPSA) is 80.5 Å². The molecule has 7 nitrogen and oxygen atoms in total. The minimum Gasteiger partial charge on any atom is -0.496 e. The van der Waals surface area contributed by atoms with Gasteiger partial charge in [0.1, 0.15) is 5.75 Å². The van der Waals surface area contributed by atoms with Crippen LogP contribution in [0.25, 0.3) is 11.5 Å². The van der Waals surface area contributed by atoms with E-state index in [1.165, 1.54) is 0 Å². The number of amides is 1. The van der Waals surface area contributed by atoms with Crippen molar-refractivity contribution < 1.29 is 13.9 Å². The van der Waals surface area contributed by atoms with Crippen molar-refractivity contribution in [3.63, 3.8) is 0 Å². The number of para-hydroxylation sites is 1. The minimum absolute atomic E-state index is 0.00852. The van der Waals surface area contributed by atoms with Crippen molar-refractivity contribution in [1.29, 1.82) is 0 Å². The van der Waals surface area contributed by atoms with Crippen molar-refractivity contribution >= 4 is 5.91 Å². The summed E-state index contributed by atoms with van der Waals surface area (Å²) < 4.78 is 10.9. The van der Waals surface area contributed by atoms with Crippen LogP contribution in [0.5, 0.6) is 5.75 Å². The molecule has 0 spiro atoms. The van der Waals surface area contributed by atoms with Crippen molar-refractivity contribution in [1.82, 2.24) is 20.4 Å². The number of benzene rings is 1. The van der Waals surface area contributed by atoms with Crippen LogP contribution in [0.1, 0.15) is 18.7 Å². The summed E-state index contributed by atoms with van der Waals surface area (Å²) in [5.74, 6) is 1.50. The van der Waals surface area contributed by atoms with Crippen LogP contribution in [-0.2, 0) is 11.2 Å². The maximum absolute atomic E-state index is 11.8. The number of nitrogens with zero attached hydrogens (tertiary/aromatic N) is 3. The normalized spacial score (nSPS) is 10.8. The van der Waals surface area contributed by atoms with Gasteiger partial charge in [-0.05, 0) is 39.2 Å². The van der Waals surface area contributed by atoms with Gasteiger partial charge in [-0.2, -0.15) is 0 Å². The fourth-order valence-corrected chi connectivity index (χ4v) is 2.22. The number of aryl methyl sites for hydroxylation is 1. The molecule has 2 rings (SSSR count). The third kappa shape index (κ3) is 5.34. The summed E-state index contributed by atoms with van der Waals surface area (Å²) in [5, 5.41) is 10.9. The van der Waals surface area contributed by atoms with Crippen LogP contribution < -0.4 is 10.1 Å². The first-order valence-electron chi connectivity index (χ1n) is 7.97. The van der Waals surface area contributed by atoms with Crippen molar-refractivity contribution in [2.45, 2.75) is 19.3 Å². The number of methoxy groups -OCH3 is 1. The molecule has 0 aliphatic carbocycles. The smallest absolute Gasteiger partial charge is 0.251 e. The Morgan fingerprint density at radius 3 is 2.83 bits per heavy atom. The highest BCUT2D eigenvalue weighted by atomic mass is 16.5. The average Bonchev–Trinajstić information content (AvgIpc) is 3.05. The molecule has 1 aromatic heterocycles. The Labute approximate surface area is 142 Å². The van der Waals surface area contributed by atoms with Gasteiger partial charge in [0, 0.05) is 19.4 Å². The highest BCUT2D eigenvalue weighted by Gasteiger charge is 2.13. The molecule has 2 aromatic rings. The molecule has 0 aliphatic rings. The number of aromatic nitrogens is 2. The average molecular weight is 332 g/mol. The Kier molecular flexibility index (Phi) is 6.74. The lowest BCUT2D eigenvalue weighted by Gasteiger charge is -2.09. The Morgan fingerprint density at radius 1 is 1.29 bits per heavy atom. The zero-order valence-corrected chi connectivity index (χ0v) is 14.4. The summed E-state index contributed by atoms with van der Waals surface area (Å²) in [7, 11) is 5.62. The van der Waals surface area contributed by atoms with Gasteiger partial charge in [-0.1, -0.05) is 12.1 Å². The van der Waals surface area contributed by atoms with Gasteiger partial charge in [0.2, 0.25) is 11.8 Å². The highest BCUT2D eigenvalue weighted by molar-refractivity contribution is 5.76. The SMILES string of the molecule is COc1ccccc1-c1nnc(CCC(=O)NCCCN(C)C)o1. The maximum Gasteiger partial charge on any atom is 0.251 e. The number of carbonyl (C=O) groups excluding carboxylic acids is 1. The van der Waals surface area contributed by atoms with E-state index >= 15 is 0 Å². The van der Waals surface area contributed by atoms with Gasteiger partial charge < -0.3 is 19.4 Å². The first kappa shape index (κ1) is 17.9. The Bertz CT molecular complexity index is 655. The Balaban J connectivity index is 1.82. The molecule has 0 fully saturated rings. The van der Waals surface area contributed by atoms with Crippen LogP contribution in [0.4, 0.5) is 0 Å². The van der Waals surface area contributed by atoms with Gasteiger partial charge in [-0.15, -0.1) is 10.2 Å². The lowest BCUT2D eigenvalue weighted by Crippen LogP contribution is -2.27. The molecular formula is C17H24N4O3. The van der Waals surface area contributed by atoms with Crippen molar-refractivity contribution in [3.8, 4) is 17.2 Å². The van der Waals surface area contributed by atoms with Gasteiger partial charge in [-0.3, -0.25) is 4.79 Å². The van der Waals surface area contributed by atoms with Crippen molar-refractivity contribution in [3.05, 3.63) is 30.2 Å². The fraction of sp³-hybridized carbons (Fsp3) is 0.471. The second-order valence-corrected chi connectivity index (χ2v) is 5.71. The maximum atomic E-state index is 11.8. The summed E-state index contributed by atoms with van der Waals surface area (Å²) in [6.45, 7) is 1.62. The zero-order chi connectivity index (χ0) is 17.4. The summed E-state index contributed by atoms with van der Waals surface area (Å²) in [4.78, 5) is 13.9. The van der Waals surface area contributed by atoms with Gasteiger partial charge in [0.25, 0.3) is 5.89 Å².